The average Bonchev–Trinajstić information content (AvgIpc) is 2.32. The SMILES string of the molecule is Oc1ccc(/C=C/c2cc(Br)ccc2O)cc1. The van der Waals surface area contributed by atoms with E-state index >= 15 is 0 Å². The number of halogens is 1. The minimum atomic E-state index is 0.239. The summed E-state index contributed by atoms with van der Waals surface area (Å²) in [5, 5.41) is 18.8. The lowest BCUT2D eigenvalue weighted by molar-refractivity contribution is 0.473. The molecule has 17 heavy (non-hydrogen) atoms. The van der Waals surface area contributed by atoms with Crippen molar-refractivity contribution in [2.75, 3.05) is 0 Å². The van der Waals surface area contributed by atoms with Crippen molar-refractivity contribution in [3.63, 3.8) is 0 Å². The fraction of sp³-hybridized carbons (Fsp3) is 0. The van der Waals surface area contributed by atoms with Gasteiger partial charge in [0.15, 0.2) is 0 Å². The summed E-state index contributed by atoms with van der Waals surface area (Å²) in [7, 11) is 0. The van der Waals surface area contributed by atoms with Gasteiger partial charge in [-0.05, 0) is 35.9 Å². The highest BCUT2D eigenvalue weighted by molar-refractivity contribution is 9.10. The summed E-state index contributed by atoms with van der Waals surface area (Å²) in [5.41, 5.74) is 1.70. The summed E-state index contributed by atoms with van der Waals surface area (Å²) in [6, 6.07) is 12.1. The fourth-order valence-electron chi connectivity index (χ4n) is 1.43. The van der Waals surface area contributed by atoms with Gasteiger partial charge in [0.2, 0.25) is 0 Å². The summed E-state index contributed by atoms with van der Waals surface area (Å²) in [6.45, 7) is 0. The topological polar surface area (TPSA) is 40.5 Å². The molecule has 86 valence electrons. The van der Waals surface area contributed by atoms with Gasteiger partial charge in [0, 0.05) is 10.0 Å². The second kappa shape index (κ2) is 5.06. The molecule has 0 saturated heterocycles. The Labute approximate surface area is 108 Å². The van der Waals surface area contributed by atoms with E-state index in [1.54, 1.807) is 36.4 Å². The number of benzene rings is 2. The van der Waals surface area contributed by atoms with Crippen molar-refractivity contribution in [1.82, 2.24) is 0 Å². The Hall–Kier alpha value is -1.74. The third-order valence-corrected chi connectivity index (χ3v) is 2.83. The summed E-state index contributed by atoms with van der Waals surface area (Å²) >= 11 is 3.35. The number of rotatable bonds is 2. The third kappa shape index (κ3) is 3.11. The van der Waals surface area contributed by atoms with Gasteiger partial charge in [-0.1, -0.05) is 40.2 Å². The van der Waals surface area contributed by atoms with Crippen LogP contribution in [-0.2, 0) is 0 Å². The van der Waals surface area contributed by atoms with Gasteiger partial charge in [-0.2, -0.15) is 0 Å². The van der Waals surface area contributed by atoms with Crippen LogP contribution in [0.25, 0.3) is 12.2 Å². The van der Waals surface area contributed by atoms with Gasteiger partial charge < -0.3 is 10.2 Å². The van der Waals surface area contributed by atoms with Gasteiger partial charge in [0.25, 0.3) is 0 Å². The van der Waals surface area contributed by atoms with Crippen LogP contribution in [0, 0.1) is 0 Å². The molecule has 2 nitrogen and oxygen atoms in total. The number of phenols is 2. The van der Waals surface area contributed by atoms with E-state index < -0.39 is 0 Å². The van der Waals surface area contributed by atoms with Gasteiger partial charge in [-0.15, -0.1) is 0 Å². The molecule has 0 heterocycles. The Morgan fingerprint density at radius 1 is 0.882 bits per heavy atom. The maximum absolute atomic E-state index is 9.65. The van der Waals surface area contributed by atoms with Crippen LogP contribution >= 0.6 is 15.9 Å². The largest absolute Gasteiger partial charge is 0.508 e. The van der Waals surface area contributed by atoms with Gasteiger partial charge in [0.1, 0.15) is 11.5 Å². The molecule has 0 fully saturated rings. The first-order valence-electron chi connectivity index (χ1n) is 5.11. The quantitative estimate of drug-likeness (QED) is 0.820. The molecule has 2 aromatic carbocycles. The molecule has 0 spiro atoms. The third-order valence-electron chi connectivity index (χ3n) is 2.34. The van der Waals surface area contributed by atoms with Gasteiger partial charge in [0.05, 0.1) is 0 Å². The van der Waals surface area contributed by atoms with E-state index in [0.717, 1.165) is 15.6 Å². The van der Waals surface area contributed by atoms with Crippen LogP contribution < -0.4 is 0 Å². The van der Waals surface area contributed by atoms with Crippen molar-refractivity contribution < 1.29 is 10.2 Å². The van der Waals surface area contributed by atoms with Crippen molar-refractivity contribution >= 4 is 28.1 Å². The molecule has 3 heteroatoms. The Kier molecular flexibility index (Phi) is 3.49. The molecule has 0 aliphatic heterocycles. The zero-order valence-corrected chi connectivity index (χ0v) is 10.6. The number of phenolic OH excluding ortho intramolecular Hbond substituents is 2. The molecular formula is C14H11BrO2. The first-order valence-corrected chi connectivity index (χ1v) is 5.90. The molecule has 0 saturated carbocycles. The molecule has 0 aromatic heterocycles. The van der Waals surface area contributed by atoms with Gasteiger partial charge in [-0.3, -0.25) is 0 Å². The number of hydrogen-bond acceptors (Lipinski definition) is 2. The van der Waals surface area contributed by atoms with Gasteiger partial charge in [-0.25, -0.2) is 0 Å². The standard InChI is InChI=1S/C14H11BrO2/c15-12-5-8-14(17)11(9-12)4-1-10-2-6-13(16)7-3-10/h1-9,16-17H/b4-1+. The molecule has 2 aromatic rings. The second-order valence-corrected chi connectivity index (χ2v) is 4.54. The molecule has 0 bridgehead atoms. The van der Waals surface area contributed by atoms with E-state index in [9.17, 15) is 5.11 Å². The van der Waals surface area contributed by atoms with Crippen LogP contribution in [0.2, 0.25) is 0 Å². The predicted octanol–water partition coefficient (Wildman–Crippen LogP) is 4.03. The summed E-state index contributed by atoms with van der Waals surface area (Å²) < 4.78 is 0.917. The van der Waals surface area contributed by atoms with Crippen molar-refractivity contribution in [2.45, 2.75) is 0 Å². The van der Waals surface area contributed by atoms with Crippen molar-refractivity contribution in [1.29, 1.82) is 0 Å². The molecule has 0 aliphatic carbocycles. The summed E-state index contributed by atoms with van der Waals surface area (Å²) in [6.07, 6.45) is 3.70. The molecule has 0 radical (unpaired) electrons. The predicted molar refractivity (Wildman–Crippen MR) is 72.8 cm³/mol. The number of aromatic hydroxyl groups is 2. The number of hydrogen-bond donors (Lipinski definition) is 2. The monoisotopic (exact) mass is 290 g/mol. The first kappa shape index (κ1) is 11.7. The summed E-state index contributed by atoms with van der Waals surface area (Å²) in [5.74, 6) is 0.482. The van der Waals surface area contributed by atoms with Crippen LogP contribution in [0.3, 0.4) is 0 Å². The van der Waals surface area contributed by atoms with Crippen LogP contribution in [0.5, 0.6) is 11.5 Å². The molecular weight excluding hydrogens is 280 g/mol. The van der Waals surface area contributed by atoms with Crippen molar-refractivity contribution in [3.05, 3.63) is 58.1 Å². The molecule has 0 amide bonds. The normalized spacial score (nSPS) is 10.9. The van der Waals surface area contributed by atoms with Crippen molar-refractivity contribution in [2.24, 2.45) is 0 Å². The van der Waals surface area contributed by atoms with E-state index in [1.807, 2.05) is 18.2 Å². The average molecular weight is 291 g/mol. The minimum absolute atomic E-state index is 0.239. The van der Waals surface area contributed by atoms with Crippen molar-refractivity contribution in [3.8, 4) is 11.5 Å². The lowest BCUT2D eigenvalue weighted by atomic mass is 10.1. The van der Waals surface area contributed by atoms with Crippen LogP contribution in [0.4, 0.5) is 0 Å². The zero-order valence-electron chi connectivity index (χ0n) is 8.97. The Bertz CT molecular complexity index is 545. The van der Waals surface area contributed by atoms with E-state index in [0.29, 0.717) is 0 Å². The molecule has 0 aliphatic rings. The molecule has 2 rings (SSSR count). The van der Waals surface area contributed by atoms with E-state index in [2.05, 4.69) is 15.9 Å². The van der Waals surface area contributed by atoms with Gasteiger partial charge >= 0.3 is 0 Å². The molecule has 0 unspecified atom stereocenters. The molecule has 2 N–H and O–H groups in total. The van der Waals surface area contributed by atoms with E-state index in [4.69, 9.17) is 5.11 Å². The van der Waals surface area contributed by atoms with E-state index in [-0.39, 0.29) is 11.5 Å². The Morgan fingerprint density at radius 3 is 2.29 bits per heavy atom. The summed E-state index contributed by atoms with van der Waals surface area (Å²) in [4.78, 5) is 0. The maximum Gasteiger partial charge on any atom is 0.122 e. The maximum atomic E-state index is 9.65. The minimum Gasteiger partial charge on any atom is -0.508 e. The highest BCUT2D eigenvalue weighted by Crippen LogP contribution is 2.24. The lowest BCUT2D eigenvalue weighted by Gasteiger charge is -2.00. The first-order chi connectivity index (χ1) is 8.15. The van der Waals surface area contributed by atoms with Crippen LogP contribution in [-0.4, -0.2) is 10.2 Å². The zero-order chi connectivity index (χ0) is 12.3. The highest BCUT2D eigenvalue weighted by Gasteiger charge is 1.97. The Morgan fingerprint density at radius 2 is 1.59 bits per heavy atom. The lowest BCUT2D eigenvalue weighted by Crippen LogP contribution is -1.75. The van der Waals surface area contributed by atoms with Crippen LogP contribution in [0.15, 0.2) is 46.9 Å². The highest BCUT2D eigenvalue weighted by atomic mass is 79.9. The molecule has 0 atom stereocenters. The van der Waals surface area contributed by atoms with E-state index in [1.165, 1.54) is 0 Å². The fourth-order valence-corrected chi connectivity index (χ4v) is 1.81. The smallest absolute Gasteiger partial charge is 0.122 e. The Balaban J connectivity index is 2.25. The second-order valence-electron chi connectivity index (χ2n) is 3.63. The van der Waals surface area contributed by atoms with Crippen LogP contribution in [0.1, 0.15) is 11.1 Å².